The fourth-order valence-corrected chi connectivity index (χ4v) is 2.50. The topological polar surface area (TPSA) is 46.5 Å². The Morgan fingerprint density at radius 2 is 1.95 bits per heavy atom. The lowest BCUT2D eigenvalue weighted by Crippen LogP contribution is -1.85. The zero-order valence-corrected chi connectivity index (χ0v) is 10.5. The number of H-pyrrole nitrogens is 1. The minimum atomic E-state index is 0.898. The molecule has 0 aliphatic carbocycles. The standard InChI is InChI=1S/C15H12N4/c1-19-9-17-13-8-16-15-11(14(13)19)7-12(18-15)10-5-3-2-4-6-10/h2-9H,1H3,(H,16,18). The number of aromatic nitrogens is 4. The number of benzene rings is 1. The number of nitrogens with one attached hydrogen (secondary N) is 1. The zero-order valence-electron chi connectivity index (χ0n) is 10.5. The van der Waals surface area contributed by atoms with Gasteiger partial charge >= 0.3 is 0 Å². The summed E-state index contributed by atoms with van der Waals surface area (Å²) in [5, 5.41) is 1.11. The minimum Gasteiger partial charge on any atom is -0.339 e. The first-order chi connectivity index (χ1) is 9.33. The highest BCUT2D eigenvalue weighted by Crippen LogP contribution is 2.27. The molecule has 0 aliphatic rings. The van der Waals surface area contributed by atoms with E-state index in [1.165, 1.54) is 0 Å². The molecule has 92 valence electrons. The van der Waals surface area contributed by atoms with Gasteiger partial charge < -0.3 is 9.55 Å². The molecule has 0 bridgehead atoms. The molecule has 4 nitrogen and oxygen atoms in total. The normalized spacial score (nSPS) is 11.4. The Labute approximate surface area is 109 Å². The van der Waals surface area contributed by atoms with Crippen molar-refractivity contribution >= 4 is 22.1 Å². The van der Waals surface area contributed by atoms with Gasteiger partial charge in [0.1, 0.15) is 11.2 Å². The molecule has 3 heterocycles. The fourth-order valence-electron chi connectivity index (χ4n) is 2.50. The Hall–Kier alpha value is -2.62. The third kappa shape index (κ3) is 1.46. The van der Waals surface area contributed by atoms with Crippen LogP contribution in [0.2, 0.25) is 0 Å². The number of hydrogen-bond acceptors (Lipinski definition) is 2. The zero-order chi connectivity index (χ0) is 12.8. The van der Waals surface area contributed by atoms with Crippen LogP contribution < -0.4 is 0 Å². The van der Waals surface area contributed by atoms with E-state index in [1.807, 2.05) is 42.3 Å². The Morgan fingerprint density at radius 1 is 1.11 bits per heavy atom. The quantitative estimate of drug-likeness (QED) is 0.562. The van der Waals surface area contributed by atoms with Crippen LogP contribution in [0.3, 0.4) is 0 Å². The van der Waals surface area contributed by atoms with Crippen LogP contribution in [0.25, 0.3) is 33.3 Å². The minimum absolute atomic E-state index is 0.898. The van der Waals surface area contributed by atoms with E-state index in [9.17, 15) is 0 Å². The number of aromatic amines is 1. The van der Waals surface area contributed by atoms with Crippen molar-refractivity contribution in [3.63, 3.8) is 0 Å². The maximum absolute atomic E-state index is 4.44. The van der Waals surface area contributed by atoms with Gasteiger partial charge in [-0.15, -0.1) is 0 Å². The van der Waals surface area contributed by atoms with Crippen LogP contribution >= 0.6 is 0 Å². The summed E-state index contributed by atoms with van der Waals surface area (Å²) in [5.74, 6) is 0. The highest BCUT2D eigenvalue weighted by Gasteiger charge is 2.10. The van der Waals surface area contributed by atoms with Crippen LogP contribution in [0.15, 0.2) is 48.9 Å². The summed E-state index contributed by atoms with van der Waals surface area (Å²) in [4.78, 5) is 12.1. The van der Waals surface area contributed by atoms with Gasteiger partial charge in [-0.25, -0.2) is 9.97 Å². The first-order valence-corrected chi connectivity index (χ1v) is 6.17. The molecule has 1 N–H and O–H groups in total. The SMILES string of the molecule is Cn1cnc2cnc3[nH]c(-c4ccccc4)cc3c21. The van der Waals surface area contributed by atoms with Gasteiger partial charge in [0.05, 0.1) is 18.0 Å². The molecule has 19 heavy (non-hydrogen) atoms. The van der Waals surface area contributed by atoms with Crippen molar-refractivity contribution in [1.29, 1.82) is 0 Å². The van der Waals surface area contributed by atoms with Gasteiger partial charge in [0.2, 0.25) is 0 Å². The molecule has 4 rings (SSSR count). The second kappa shape index (κ2) is 3.68. The first kappa shape index (κ1) is 10.3. The van der Waals surface area contributed by atoms with Crippen LogP contribution in [0.4, 0.5) is 0 Å². The van der Waals surface area contributed by atoms with Crippen LogP contribution in [0, 0.1) is 0 Å². The van der Waals surface area contributed by atoms with Crippen molar-refractivity contribution in [1.82, 2.24) is 19.5 Å². The predicted molar refractivity (Wildman–Crippen MR) is 75.8 cm³/mol. The average molecular weight is 248 g/mol. The van der Waals surface area contributed by atoms with E-state index in [0.717, 1.165) is 33.3 Å². The average Bonchev–Trinajstić information content (AvgIpc) is 3.03. The smallest absolute Gasteiger partial charge is 0.139 e. The number of imidazole rings is 1. The molecule has 0 amide bonds. The number of hydrogen-bond donors (Lipinski definition) is 1. The second-order valence-electron chi connectivity index (χ2n) is 4.66. The van der Waals surface area contributed by atoms with Gasteiger partial charge in [-0.2, -0.15) is 0 Å². The molecule has 1 aromatic carbocycles. The molecule has 0 saturated carbocycles. The lowest BCUT2D eigenvalue weighted by Gasteiger charge is -1.95. The second-order valence-corrected chi connectivity index (χ2v) is 4.66. The summed E-state index contributed by atoms with van der Waals surface area (Å²) < 4.78 is 2.03. The first-order valence-electron chi connectivity index (χ1n) is 6.17. The number of fused-ring (bicyclic) bond motifs is 3. The Kier molecular flexibility index (Phi) is 2.00. The summed E-state index contributed by atoms with van der Waals surface area (Å²) in [6.07, 6.45) is 3.63. The molecule has 4 heteroatoms. The van der Waals surface area contributed by atoms with Crippen molar-refractivity contribution in [2.24, 2.45) is 7.05 Å². The third-order valence-corrected chi connectivity index (χ3v) is 3.42. The van der Waals surface area contributed by atoms with Crippen LogP contribution in [-0.4, -0.2) is 19.5 Å². The third-order valence-electron chi connectivity index (χ3n) is 3.42. The molecule has 0 saturated heterocycles. The number of pyridine rings is 1. The summed E-state index contributed by atoms with van der Waals surface area (Å²) in [5.41, 5.74) is 5.18. The molecule has 3 aromatic heterocycles. The molecule has 0 radical (unpaired) electrons. The van der Waals surface area contributed by atoms with Gasteiger partial charge in [0.15, 0.2) is 0 Å². The Bertz CT molecular complexity index is 871. The van der Waals surface area contributed by atoms with Crippen molar-refractivity contribution < 1.29 is 0 Å². The molecule has 0 aliphatic heterocycles. The predicted octanol–water partition coefficient (Wildman–Crippen LogP) is 3.12. The molecule has 0 fully saturated rings. The van der Waals surface area contributed by atoms with Gasteiger partial charge in [-0.05, 0) is 11.6 Å². The van der Waals surface area contributed by atoms with E-state index in [4.69, 9.17) is 0 Å². The van der Waals surface area contributed by atoms with Crippen LogP contribution in [0.5, 0.6) is 0 Å². The van der Waals surface area contributed by atoms with Crippen molar-refractivity contribution in [3.8, 4) is 11.3 Å². The van der Waals surface area contributed by atoms with Crippen molar-refractivity contribution in [2.45, 2.75) is 0 Å². The van der Waals surface area contributed by atoms with Gasteiger partial charge in [-0.3, -0.25) is 0 Å². The number of aryl methyl sites for hydroxylation is 1. The highest BCUT2D eigenvalue weighted by atomic mass is 15.0. The van der Waals surface area contributed by atoms with E-state index in [-0.39, 0.29) is 0 Å². The van der Waals surface area contributed by atoms with Gasteiger partial charge in [0.25, 0.3) is 0 Å². The Balaban J connectivity index is 2.06. The number of nitrogens with zero attached hydrogens (tertiary/aromatic N) is 3. The van der Waals surface area contributed by atoms with E-state index in [1.54, 1.807) is 0 Å². The van der Waals surface area contributed by atoms with E-state index in [0.29, 0.717) is 0 Å². The van der Waals surface area contributed by atoms with Crippen LogP contribution in [-0.2, 0) is 7.05 Å². The number of rotatable bonds is 1. The van der Waals surface area contributed by atoms with E-state index in [2.05, 4.69) is 33.2 Å². The van der Waals surface area contributed by atoms with Crippen molar-refractivity contribution in [2.75, 3.05) is 0 Å². The molecule has 0 unspecified atom stereocenters. The van der Waals surface area contributed by atoms with E-state index >= 15 is 0 Å². The molecular weight excluding hydrogens is 236 g/mol. The van der Waals surface area contributed by atoms with Crippen LogP contribution in [0.1, 0.15) is 0 Å². The summed E-state index contributed by atoms with van der Waals surface area (Å²) in [6, 6.07) is 12.4. The summed E-state index contributed by atoms with van der Waals surface area (Å²) in [7, 11) is 2.00. The van der Waals surface area contributed by atoms with E-state index < -0.39 is 0 Å². The lowest BCUT2D eigenvalue weighted by atomic mass is 10.1. The maximum atomic E-state index is 4.44. The molecule has 4 aromatic rings. The van der Waals surface area contributed by atoms with Gasteiger partial charge in [-0.1, -0.05) is 30.3 Å². The summed E-state index contributed by atoms with van der Waals surface area (Å²) >= 11 is 0. The highest BCUT2D eigenvalue weighted by molar-refractivity contribution is 6.03. The molecule has 0 atom stereocenters. The molecule has 0 spiro atoms. The monoisotopic (exact) mass is 248 g/mol. The molecular formula is C15H12N4. The largest absolute Gasteiger partial charge is 0.339 e. The Morgan fingerprint density at radius 3 is 2.79 bits per heavy atom. The summed E-state index contributed by atoms with van der Waals surface area (Å²) in [6.45, 7) is 0. The van der Waals surface area contributed by atoms with Gasteiger partial charge in [0, 0.05) is 18.1 Å². The van der Waals surface area contributed by atoms with Crippen molar-refractivity contribution in [3.05, 3.63) is 48.9 Å². The lowest BCUT2D eigenvalue weighted by molar-refractivity contribution is 0.951. The maximum Gasteiger partial charge on any atom is 0.139 e. The fraction of sp³-hybridized carbons (Fsp3) is 0.0667.